The van der Waals surface area contributed by atoms with Crippen LogP contribution in [0.1, 0.15) is 12.0 Å². The second-order valence-corrected chi connectivity index (χ2v) is 5.34. The van der Waals surface area contributed by atoms with Crippen LogP contribution in [0.5, 0.6) is 5.75 Å². The van der Waals surface area contributed by atoms with Crippen molar-refractivity contribution in [1.82, 2.24) is 0 Å². The number of halogens is 1. The van der Waals surface area contributed by atoms with Crippen LogP contribution < -0.4 is 10.5 Å². The molecule has 1 aliphatic heterocycles. The highest BCUT2D eigenvalue weighted by molar-refractivity contribution is 7.99. The topological polar surface area (TPSA) is 72.5 Å². The fourth-order valence-electron chi connectivity index (χ4n) is 1.91. The Morgan fingerprint density at radius 3 is 2.94 bits per heavy atom. The molecule has 1 heterocycles. The average molecular weight is 274 g/mol. The summed E-state index contributed by atoms with van der Waals surface area (Å²) in [5.74, 6) is 0.186. The summed E-state index contributed by atoms with van der Waals surface area (Å²) in [6.07, 6.45) is 0.354. The molecule has 0 aromatic heterocycles. The second-order valence-electron chi connectivity index (χ2n) is 3.83. The van der Waals surface area contributed by atoms with Gasteiger partial charge >= 0.3 is 5.97 Å². The minimum absolute atomic E-state index is 0.354. The predicted octanol–water partition coefficient (Wildman–Crippen LogP) is 2.08. The number of hydrogen-bond donors (Lipinski definition) is 2. The lowest BCUT2D eigenvalue weighted by atomic mass is 9.87. The molecule has 1 aromatic carbocycles. The fourth-order valence-corrected chi connectivity index (χ4v) is 3.65. The summed E-state index contributed by atoms with van der Waals surface area (Å²) in [6.45, 7) is 0. The summed E-state index contributed by atoms with van der Waals surface area (Å²) in [4.78, 5) is 12.1. The number of ether oxygens (including phenoxy) is 1. The van der Waals surface area contributed by atoms with Crippen LogP contribution in [0.3, 0.4) is 0 Å². The van der Waals surface area contributed by atoms with Gasteiger partial charge in [0.25, 0.3) is 0 Å². The van der Waals surface area contributed by atoms with E-state index in [1.54, 1.807) is 12.1 Å². The van der Waals surface area contributed by atoms with Gasteiger partial charge in [-0.15, -0.1) is 11.8 Å². The van der Waals surface area contributed by atoms with E-state index in [1.165, 1.54) is 18.9 Å². The first kappa shape index (κ1) is 12.5. The van der Waals surface area contributed by atoms with Gasteiger partial charge in [-0.2, -0.15) is 0 Å². The van der Waals surface area contributed by atoms with E-state index in [0.29, 0.717) is 28.5 Å². The number of benzene rings is 1. The standard InChI is InChI=1S/C11H12ClNO3S/c1-16-7-3-2-6(12)8-9(7)17-5-4-11(8,13)10(14)15/h2-3H,4-5,13H2,1H3,(H,14,15). The third kappa shape index (κ3) is 1.88. The van der Waals surface area contributed by atoms with E-state index in [4.69, 9.17) is 22.1 Å². The number of methoxy groups -OCH3 is 1. The van der Waals surface area contributed by atoms with Gasteiger partial charge in [0.2, 0.25) is 0 Å². The molecule has 1 unspecified atom stereocenters. The van der Waals surface area contributed by atoms with Crippen molar-refractivity contribution < 1.29 is 14.6 Å². The van der Waals surface area contributed by atoms with Crippen LogP contribution in [0.15, 0.2) is 17.0 Å². The Hall–Kier alpha value is -0.910. The summed E-state index contributed by atoms with van der Waals surface area (Å²) < 4.78 is 5.21. The molecule has 0 saturated carbocycles. The maximum atomic E-state index is 11.4. The summed E-state index contributed by atoms with van der Waals surface area (Å²) in [6, 6.07) is 3.34. The van der Waals surface area contributed by atoms with E-state index in [9.17, 15) is 9.90 Å². The smallest absolute Gasteiger partial charge is 0.328 e. The maximum absolute atomic E-state index is 11.4. The van der Waals surface area contributed by atoms with E-state index in [0.717, 1.165) is 4.90 Å². The van der Waals surface area contributed by atoms with Crippen LogP contribution in [0.25, 0.3) is 0 Å². The van der Waals surface area contributed by atoms with Crippen molar-refractivity contribution in [2.45, 2.75) is 16.9 Å². The largest absolute Gasteiger partial charge is 0.496 e. The molecule has 3 N–H and O–H groups in total. The molecule has 2 rings (SSSR count). The first-order chi connectivity index (χ1) is 8.00. The Kier molecular flexibility index (Phi) is 3.25. The van der Waals surface area contributed by atoms with Gasteiger partial charge in [0.05, 0.1) is 12.0 Å². The Morgan fingerprint density at radius 2 is 2.35 bits per heavy atom. The van der Waals surface area contributed by atoms with Gasteiger partial charge in [0, 0.05) is 16.3 Å². The summed E-state index contributed by atoms with van der Waals surface area (Å²) >= 11 is 7.61. The molecule has 92 valence electrons. The molecule has 1 aliphatic rings. The third-order valence-electron chi connectivity index (χ3n) is 2.86. The van der Waals surface area contributed by atoms with Gasteiger partial charge in [-0.1, -0.05) is 11.6 Å². The number of nitrogens with two attached hydrogens (primary N) is 1. The van der Waals surface area contributed by atoms with Crippen LogP contribution in [0.4, 0.5) is 0 Å². The minimum Gasteiger partial charge on any atom is -0.496 e. The van der Waals surface area contributed by atoms with Gasteiger partial charge < -0.3 is 15.6 Å². The highest BCUT2D eigenvalue weighted by atomic mass is 35.5. The Bertz CT molecular complexity index is 480. The molecule has 0 amide bonds. The van der Waals surface area contributed by atoms with Crippen LogP contribution in [0, 0.1) is 0 Å². The molecule has 1 aromatic rings. The number of carbonyl (C=O) groups is 1. The number of aliphatic carboxylic acids is 1. The van der Waals surface area contributed by atoms with E-state index in [-0.39, 0.29) is 0 Å². The van der Waals surface area contributed by atoms with Gasteiger partial charge in [0.1, 0.15) is 11.3 Å². The molecular weight excluding hydrogens is 262 g/mol. The van der Waals surface area contributed by atoms with E-state index in [1.807, 2.05) is 0 Å². The number of thioether (sulfide) groups is 1. The lowest BCUT2D eigenvalue weighted by Gasteiger charge is -2.32. The highest BCUT2D eigenvalue weighted by Gasteiger charge is 2.43. The molecule has 0 radical (unpaired) electrons. The van der Waals surface area contributed by atoms with E-state index in [2.05, 4.69) is 0 Å². The van der Waals surface area contributed by atoms with Crippen LogP contribution in [0.2, 0.25) is 5.02 Å². The Morgan fingerprint density at radius 1 is 1.65 bits per heavy atom. The summed E-state index contributed by atoms with van der Waals surface area (Å²) in [7, 11) is 1.54. The lowest BCUT2D eigenvalue weighted by molar-refractivity contribution is -0.144. The van der Waals surface area contributed by atoms with Crippen molar-refractivity contribution in [3.05, 3.63) is 22.7 Å². The zero-order valence-electron chi connectivity index (χ0n) is 9.20. The highest BCUT2D eigenvalue weighted by Crippen LogP contribution is 2.47. The van der Waals surface area contributed by atoms with Gasteiger partial charge in [0.15, 0.2) is 0 Å². The fraction of sp³-hybridized carbons (Fsp3) is 0.364. The van der Waals surface area contributed by atoms with Crippen molar-refractivity contribution in [3.63, 3.8) is 0 Å². The van der Waals surface area contributed by atoms with Gasteiger partial charge in [-0.25, -0.2) is 4.79 Å². The lowest BCUT2D eigenvalue weighted by Crippen LogP contribution is -2.47. The number of hydrogen-bond acceptors (Lipinski definition) is 4. The van der Waals surface area contributed by atoms with Crippen molar-refractivity contribution >= 4 is 29.3 Å². The van der Waals surface area contributed by atoms with E-state index >= 15 is 0 Å². The van der Waals surface area contributed by atoms with Crippen molar-refractivity contribution in [2.24, 2.45) is 5.73 Å². The zero-order valence-corrected chi connectivity index (χ0v) is 10.8. The summed E-state index contributed by atoms with van der Waals surface area (Å²) in [5.41, 5.74) is 5.02. The molecule has 6 heteroatoms. The molecule has 0 spiro atoms. The Balaban J connectivity index is 2.69. The molecule has 17 heavy (non-hydrogen) atoms. The second kappa shape index (κ2) is 4.40. The van der Waals surface area contributed by atoms with Crippen molar-refractivity contribution in [3.8, 4) is 5.75 Å². The number of carboxylic acid groups (broad SMARTS) is 1. The maximum Gasteiger partial charge on any atom is 0.328 e. The number of rotatable bonds is 2. The molecule has 0 aliphatic carbocycles. The molecule has 0 fully saturated rings. The minimum atomic E-state index is -1.42. The predicted molar refractivity (Wildman–Crippen MR) is 66.8 cm³/mol. The number of fused-ring (bicyclic) bond motifs is 1. The normalized spacial score (nSPS) is 23.0. The first-order valence-corrected chi connectivity index (χ1v) is 6.39. The van der Waals surface area contributed by atoms with Gasteiger partial charge in [-0.3, -0.25) is 0 Å². The van der Waals surface area contributed by atoms with Crippen molar-refractivity contribution in [2.75, 3.05) is 12.9 Å². The molecular formula is C11H12ClNO3S. The summed E-state index contributed by atoms with van der Waals surface area (Å²) in [5, 5.41) is 9.67. The Labute approximate surface area is 108 Å². The van der Waals surface area contributed by atoms with E-state index < -0.39 is 11.5 Å². The van der Waals surface area contributed by atoms with Crippen LogP contribution in [-0.2, 0) is 10.3 Å². The molecule has 0 saturated heterocycles. The van der Waals surface area contributed by atoms with Crippen LogP contribution >= 0.6 is 23.4 Å². The zero-order chi connectivity index (χ0) is 12.6. The molecule has 1 atom stereocenters. The number of carboxylic acids is 1. The SMILES string of the molecule is COc1ccc(Cl)c2c1SCCC2(N)C(=O)O. The average Bonchev–Trinajstić information content (AvgIpc) is 2.29. The van der Waals surface area contributed by atoms with Gasteiger partial charge in [-0.05, 0) is 18.6 Å². The molecule has 0 bridgehead atoms. The van der Waals surface area contributed by atoms with Crippen LogP contribution in [-0.4, -0.2) is 23.9 Å². The quantitative estimate of drug-likeness (QED) is 0.863. The van der Waals surface area contributed by atoms with Crippen molar-refractivity contribution in [1.29, 1.82) is 0 Å². The monoisotopic (exact) mass is 273 g/mol. The third-order valence-corrected chi connectivity index (χ3v) is 4.28. The first-order valence-electron chi connectivity index (χ1n) is 5.02. The molecule has 4 nitrogen and oxygen atoms in total.